The van der Waals surface area contributed by atoms with Crippen LogP contribution in [0.4, 0.5) is 15.8 Å². The molecule has 0 spiro atoms. The zero-order valence-electron chi connectivity index (χ0n) is 12.4. The van der Waals surface area contributed by atoms with Gasteiger partial charge >= 0.3 is 0 Å². The van der Waals surface area contributed by atoms with Crippen molar-refractivity contribution in [2.45, 2.75) is 13.8 Å². The lowest BCUT2D eigenvalue weighted by atomic mass is 10.1. The molecule has 0 aliphatic heterocycles. The Labute approximate surface area is 128 Å². The summed E-state index contributed by atoms with van der Waals surface area (Å²) in [4.78, 5) is 23.2. The van der Waals surface area contributed by atoms with E-state index in [0.29, 0.717) is 16.9 Å². The molecule has 0 aliphatic rings. The van der Waals surface area contributed by atoms with Crippen LogP contribution in [-0.4, -0.2) is 18.2 Å². The third kappa shape index (κ3) is 4.15. The molecule has 0 aromatic heterocycles. The second-order valence-corrected chi connectivity index (χ2v) is 5.00. The predicted octanol–water partition coefficient (Wildman–Crippen LogP) is 3.39. The molecule has 2 N–H and O–H groups in total. The van der Waals surface area contributed by atoms with Crippen molar-refractivity contribution in [3.05, 3.63) is 59.4 Å². The molecule has 0 heterocycles. The number of halogens is 1. The molecule has 0 saturated carbocycles. The summed E-state index contributed by atoms with van der Waals surface area (Å²) in [7, 11) is 0. The van der Waals surface area contributed by atoms with Crippen LogP contribution in [0.15, 0.2) is 42.5 Å². The van der Waals surface area contributed by atoms with Crippen molar-refractivity contribution in [1.29, 1.82) is 0 Å². The lowest BCUT2D eigenvalue weighted by Gasteiger charge is -2.10. The van der Waals surface area contributed by atoms with E-state index in [1.807, 2.05) is 6.92 Å². The molecular weight excluding hydrogens is 283 g/mol. The number of benzene rings is 2. The van der Waals surface area contributed by atoms with Crippen LogP contribution in [-0.2, 0) is 4.79 Å². The quantitative estimate of drug-likeness (QED) is 0.832. The van der Waals surface area contributed by atoms with Gasteiger partial charge in [-0.15, -0.1) is 0 Å². The number of rotatable bonds is 5. The molecule has 2 aromatic carbocycles. The van der Waals surface area contributed by atoms with Crippen LogP contribution in [0.1, 0.15) is 22.8 Å². The van der Waals surface area contributed by atoms with E-state index < -0.39 is 0 Å². The number of aryl methyl sites for hydroxylation is 1. The highest BCUT2D eigenvalue weighted by Gasteiger charge is 2.06. The molecule has 2 rings (SSSR count). The molecule has 114 valence electrons. The fourth-order valence-corrected chi connectivity index (χ4v) is 1.98. The van der Waals surface area contributed by atoms with Gasteiger partial charge in [-0.3, -0.25) is 9.59 Å². The maximum absolute atomic E-state index is 13.2. The number of nitrogens with one attached hydrogen (secondary N) is 2. The molecule has 0 fully saturated rings. The third-order valence-electron chi connectivity index (χ3n) is 3.19. The van der Waals surface area contributed by atoms with Crippen molar-refractivity contribution in [3.63, 3.8) is 0 Å². The van der Waals surface area contributed by atoms with E-state index >= 15 is 0 Å². The third-order valence-corrected chi connectivity index (χ3v) is 3.19. The SMILES string of the molecule is CC(=O)c1cccc(NC(=O)CNc2cc(F)ccc2C)c1. The van der Waals surface area contributed by atoms with Gasteiger partial charge in [0.2, 0.25) is 5.91 Å². The van der Waals surface area contributed by atoms with Crippen molar-refractivity contribution >= 4 is 23.1 Å². The van der Waals surface area contributed by atoms with Gasteiger partial charge in [-0.2, -0.15) is 0 Å². The van der Waals surface area contributed by atoms with Gasteiger partial charge in [-0.25, -0.2) is 4.39 Å². The minimum absolute atomic E-state index is 0.00852. The van der Waals surface area contributed by atoms with Crippen molar-refractivity contribution in [3.8, 4) is 0 Å². The topological polar surface area (TPSA) is 58.2 Å². The second kappa shape index (κ2) is 6.85. The Kier molecular flexibility index (Phi) is 4.88. The number of hydrogen-bond acceptors (Lipinski definition) is 3. The largest absolute Gasteiger partial charge is 0.376 e. The normalized spacial score (nSPS) is 10.1. The summed E-state index contributed by atoms with van der Waals surface area (Å²) >= 11 is 0. The summed E-state index contributed by atoms with van der Waals surface area (Å²) in [6, 6.07) is 11.1. The van der Waals surface area contributed by atoms with Crippen LogP contribution >= 0.6 is 0 Å². The highest BCUT2D eigenvalue weighted by Crippen LogP contribution is 2.16. The smallest absolute Gasteiger partial charge is 0.243 e. The van der Waals surface area contributed by atoms with Crippen molar-refractivity contribution in [1.82, 2.24) is 0 Å². The average Bonchev–Trinajstić information content (AvgIpc) is 2.48. The Morgan fingerprint density at radius 3 is 2.64 bits per heavy atom. The molecular formula is C17H17FN2O2. The zero-order valence-corrected chi connectivity index (χ0v) is 12.4. The highest BCUT2D eigenvalue weighted by atomic mass is 19.1. The van der Waals surface area contributed by atoms with E-state index in [1.54, 1.807) is 30.3 Å². The Hall–Kier alpha value is -2.69. The fourth-order valence-electron chi connectivity index (χ4n) is 1.98. The van der Waals surface area contributed by atoms with Gasteiger partial charge < -0.3 is 10.6 Å². The van der Waals surface area contributed by atoms with Crippen molar-refractivity contribution in [2.24, 2.45) is 0 Å². The summed E-state index contributed by atoms with van der Waals surface area (Å²) < 4.78 is 13.2. The Balaban J connectivity index is 1.97. The molecule has 5 heteroatoms. The van der Waals surface area contributed by atoms with E-state index in [4.69, 9.17) is 0 Å². The van der Waals surface area contributed by atoms with Crippen LogP contribution in [0.3, 0.4) is 0 Å². The first-order chi connectivity index (χ1) is 10.5. The Morgan fingerprint density at radius 1 is 1.14 bits per heavy atom. The number of hydrogen-bond donors (Lipinski definition) is 2. The van der Waals surface area contributed by atoms with E-state index in [9.17, 15) is 14.0 Å². The van der Waals surface area contributed by atoms with Gasteiger partial charge in [0.15, 0.2) is 5.78 Å². The van der Waals surface area contributed by atoms with Crippen LogP contribution in [0, 0.1) is 12.7 Å². The monoisotopic (exact) mass is 300 g/mol. The molecule has 0 aliphatic carbocycles. The first-order valence-electron chi connectivity index (χ1n) is 6.86. The molecule has 2 aromatic rings. The second-order valence-electron chi connectivity index (χ2n) is 5.00. The molecule has 0 radical (unpaired) electrons. The van der Waals surface area contributed by atoms with Gasteiger partial charge in [0.25, 0.3) is 0 Å². The lowest BCUT2D eigenvalue weighted by Crippen LogP contribution is -2.22. The van der Waals surface area contributed by atoms with Gasteiger partial charge in [0, 0.05) is 16.9 Å². The highest BCUT2D eigenvalue weighted by molar-refractivity contribution is 5.98. The number of Topliss-reactive ketones (excluding diaryl/α,β-unsaturated/α-hetero) is 1. The molecule has 0 saturated heterocycles. The first kappa shape index (κ1) is 15.7. The summed E-state index contributed by atoms with van der Waals surface area (Å²) in [5.41, 5.74) is 2.52. The van der Waals surface area contributed by atoms with Gasteiger partial charge in [0.1, 0.15) is 5.82 Å². The van der Waals surface area contributed by atoms with Crippen LogP contribution in [0.25, 0.3) is 0 Å². The zero-order chi connectivity index (χ0) is 16.1. The summed E-state index contributed by atoms with van der Waals surface area (Å²) in [5.74, 6) is -0.698. The molecule has 0 atom stereocenters. The maximum atomic E-state index is 13.2. The first-order valence-corrected chi connectivity index (χ1v) is 6.86. The number of amides is 1. The summed E-state index contributed by atoms with van der Waals surface area (Å²) in [6.45, 7) is 3.31. The maximum Gasteiger partial charge on any atom is 0.243 e. The van der Waals surface area contributed by atoms with Crippen molar-refractivity contribution < 1.29 is 14.0 Å². The minimum atomic E-state index is -0.359. The molecule has 0 unspecified atom stereocenters. The van der Waals surface area contributed by atoms with Crippen LogP contribution in [0.2, 0.25) is 0 Å². The Bertz CT molecular complexity index is 714. The minimum Gasteiger partial charge on any atom is -0.376 e. The van der Waals surface area contributed by atoms with Crippen LogP contribution in [0.5, 0.6) is 0 Å². The van der Waals surface area contributed by atoms with Gasteiger partial charge in [-0.05, 0) is 43.7 Å². The summed E-state index contributed by atoms with van der Waals surface area (Å²) in [5, 5.41) is 5.59. The van der Waals surface area contributed by atoms with E-state index in [2.05, 4.69) is 10.6 Å². The summed E-state index contributed by atoms with van der Waals surface area (Å²) in [6.07, 6.45) is 0. The lowest BCUT2D eigenvalue weighted by molar-refractivity contribution is -0.114. The number of carbonyl (C=O) groups is 2. The van der Waals surface area contributed by atoms with E-state index in [0.717, 1.165) is 5.56 Å². The van der Waals surface area contributed by atoms with Crippen LogP contribution < -0.4 is 10.6 Å². The molecule has 1 amide bonds. The number of anilines is 2. The van der Waals surface area contributed by atoms with Gasteiger partial charge in [0.05, 0.1) is 6.54 Å². The fraction of sp³-hybridized carbons (Fsp3) is 0.176. The van der Waals surface area contributed by atoms with E-state index in [-0.39, 0.29) is 24.1 Å². The standard InChI is InChI=1S/C17H17FN2O2/c1-11-6-7-14(18)9-16(11)19-10-17(22)20-15-5-3-4-13(8-15)12(2)21/h3-9,19H,10H2,1-2H3,(H,20,22). The van der Waals surface area contributed by atoms with E-state index in [1.165, 1.54) is 19.1 Å². The number of ketones is 1. The van der Waals surface area contributed by atoms with Crippen molar-refractivity contribution in [2.75, 3.05) is 17.2 Å². The Morgan fingerprint density at radius 2 is 1.91 bits per heavy atom. The average molecular weight is 300 g/mol. The molecule has 0 bridgehead atoms. The predicted molar refractivity (Wildman–Crippen MR) is 84.7 cm³/mol. The molecule has 4 nitrogen and oxygen atoms in total. The number of carbonyl (C=O) groups excluding carboxylic acids is 2. The molecule has 22 heavy (non-hydrogen) atoms. The van der Waals surface area contributed by atoms with Gasteiger partial charge in [-0.1, -0.05) is 18.2 Å².